The number of nitrogens with zero attached hydrogens (tertiary/aromatic N) is 1. The van der Waals surface area contributed by atoms with E-state index >= 15 is 0 Å². The van der Waals surface area contributed by atoms with E-state index < -0.39 is 6.10 Å². The van der Waals surface area contributed by atoms with Gasteiger partial charge in [0.15, 0.2) is 0 Å². The largest absolute Gasteiger partial charge is 0.231 e. The van der Waals surface area contributed by atoms with Crippen LogP contribution in [-0.4, -0.2) is 0 Å². The van der Waals surface area contributed by atoms with Crippen LogP contribution in [0.5, 0.6) is 0 Å². The van der Waals surface area contributed by atoms with Crippen LogP contribution >= 0.6 is 0 Å². The molecule has 0 radical (unpaired) electrons. The summed E-state index contributed by atoms with van der Waals surface area (Å²) in [6.07, 6.45) is -0.392. The molecule has 0 amide bonds. The highest BCUT2D eigenvalue weighted by Gasteiger charge is 2.24. The predicted molar refractivity (Wildman–Crippen MR) is 65.3 cm³/mol. The van der Waals surface area contributed by atoms with E-state index in [0.29, 0.717) is 12.2 Å². The van der Waals surface area contributed by atoms with Gasteiger partial charge in [-0.1, -0.05) is 18.2 Å². The van der Waals surface area contributed by atoms with Crippen molar-refractivity contribution in [1.82, 2.24) is 0 Å². The Hall–Kier alpha value is -2.22. The fourth-order valence-corrected chi connectivity index (χ4v) is 2.15. The number of rotatable bonds is 1. The lowest BCUT2D eigenvalue weighted by Crippen LogP contribution is -2.15. The quantitative estimate of drug-likeness (QED) is 0.734. The van der Waals surface area contributed by atoms with Gasteiger partial charge in [-0.25, -0.2) is 14.2 Å². The predicted octanol–water partition coefficient (Wildman–Crippen LogP) is 3.25. The summed E-state index contributed by atoms with van der Waals surface area (Å²) in [7, 11) is 0. The molecule has 1 heterocycles. The normalized spacial score (nSPS) is 17.6. The van der Waals surface area contributed by atoms with Gasteiger partial charge >= 0.3 is 0 Å². The first-order chi connectivity index (χ1) is 9.28. The fourth-order valence-electron chi connectivity index (χ4n) is 2.15. The number of hydrogen-bond donors (Lipinski definition) is 0. The number of hydrogen-bond acceptors (Lipinski definition) is 3. The maximum absolute atomic E-state index is 12.9. The standard InChI is InChI=1S/C15H10FNO2/c16-13-4-2-11(3-5-13)15-14-6-1-10(8-17)7-12(14)9-18-19-15/h1-7,15H,9H2. The Bertz CT molecular complexity index is 646. The molecule has 2 aromatic carbocycles. The number of nitriles is 1. The summed E-state index contributed by atoms with van der Waals surface area (Å²) in [5.74, 6) is -0.291. The maximum atomic E-state index is 12.9. The first-order valence-electron chi connectivity index (χ1n) is 5.84. The van der Waals surface area contributed by atoms with Crippen LogP contribution in [0, 0.1) is 17.1 Å². The Morgan fingerprint density at radius 1 is 1.16 bits per heavy atom. The molecule has 2 aromatic rings. The Balaban J connectivity index is 2.03. The summed E-state index contributed by atoms with van der Waals surface area (Å²) >= 11 is 0. The highest BCUT2D eigenvalue weighted by Crippen LogP contribution is 2.33. The van der Waals surface area contributed by atoms with E-state index in [1.54, 1.807) is 24.3 Å². The molecular weight excluding hydrogens is 245 g/mol. The number of fused-ring (bicyclic) bond motifs is 1. The molecule has 0 saturated carbocycles. The lowest BCUT2D eigenvalue weighted by atomic mass is 9.95. The van der Waals surface area contributed by atoms with Crippen LogP contribution < -0.4 is 0 Å². The van der Waals surface area contributed by atoms with Crippen molar-refractivity contribution < 1.29 is 14.2 Å². The summed E-state index contributed by atoms with van der Waals surface area (Å²) in [5.41, 5.74) is 3.26. The summed E-state index contributed by atoms with van der Waals surface area (Å²) in [5, 5.41) is 8.89. The van der Waals surface area contributed by atoms with Crippen LogP contribution in [0.4, 0.5) is 4.39 Å². The summed E-state index contributed by atoms with van der Waals surface area (Å²) in [6, 6.07) is 13.6. The van der Waals surface area contributed by atoms with E-state index in [2.05, 4.69) is 6.07 Å². The third-order valence-electron chi connectivity index (χ3n) is 3.11. The third kappa shape index (κ3) is 2.22. The van der Waals surface area contributed by atoms with Gasteiger partial charge in [0, 0.05) is 0 Å². The molecule has 0 aliphatic carbocycles. The second-order valence-electron chi connectivity index (χ2n) is 4.32. The average molecular weight is 255 g/mol. The zero-order chi connectivity index (χ0) is 13.2. The monoisotopic (exact) mass is 255 g/mol. The van der Waals surface area contributed by atoms with E-state index in [1.165, 1.54) is 12.1 Å². The van der Waals surface area contributed by atoms with E-state index in [1.807, 2.05) is 6.07 Å². The summed E-state index contributed by atoms with van der Waals surface area (Å²) in [6.45, 7) is 0.308. The lowest BCUT2D eigenvalue weighted by molar-refractivity contribution is -0.336. The Morgan fingerprint density at radius 2 is 1.95 bits per heavy atom. The van der Waals surface area contributed by atoms with Gasteiger partial charge < -0.3 is 0 Å². The maximum Gasteiger partial charge on any atom is 0.143 e. The van der Waals surface area contributed by atoms with Gasteiger partial charge in [0.05, 0.1) is 11.6 Å². The van der Waals surface area contributed by atoms with E-state index in [-0.39, 0.29) is 5.82 Å². The molecule has 0 fully saturated rings. The first kappa shape index (κ1) is 11.8. The van der Waals surface area contributed by atoms with Crippen molar-refractivity contribution >= 4 is 0 Å². The van der Waals surface area contributed by atoms with Crippen LogP contribution in [0.1, 0.15) is 28.4 Å². The minimum absolute atomic E-state index is 0.291. The smallest absolute Gasteiger partial charge is 0.143 e. The Kier molecular flexibility index (Phi) is 3.00. The first-order valence-corrected chi connectivity index (χ1v) is 5.84. The van der Waals surface area contributed by atoms with Crippen LogP contribution in [0.3, 0.4) is 0 Å². The molecule has 0 saturated heterocycles. The van der Waals surface area contributed by atoms with Crippen molar-refractivity contribution in [3.05, 3.63) is 70.5 Å². The van der Waals surface area contributed by atoms with Gasteiger partial charge in [0.25, 0.3) is 0 Å². The molecule has 0 spiro atoms. The molecule has 1 aliphatic rings. The second kappa shape index (κ2) is 4.81. The van der Waals surface area contributed by atoms with Gasteiger partial charge in [-0.15, -0.1) is 0 Å². The van der Waals surface area contributed by atoms with Crippen molar-refractivity contribution in [1.29, 1.82) is 5.26 Å². The van der Waals surface area contributed by atoms with E-state index in [9.17, 15) is 4.39 Å². The average Bonchev–Trinajstić information content (AvgIpc) is 2.47. The van der Waals surface area contributed by atoms with E-state index in [4.69, 9.17) is 15.0 Å². The van der Waals surface area contributed by atoms with Crippen molar-refractivity contribution in [2.45, 2.75) is 12.7 Å². The van der Waals surface area contributed by atoms with Crippen molar-refractivity contribution in [2.24, 2.45) is 0 Å². The van der Waals surface area contributed by atoms with Crippen LogP contribution in [-0.2, 0) is 16.4 Å². The molecule has 3 rings (SSSR count). The molecule has 0 bridgehead atoms. The van der Waals surface area contributed by atoms with Gasteiger partial charge in [-0.3, -0.25) is 0 Å². The molecular formula is C15H10FNO2. The van der Waals surface area contributed by atoms with Gasteiger partial charge in [-0.05, 0) is 41.0 Å². The van der Waals surface area contributed by atoms with Gasteiger partial charge in [0.1, 0.15) is 18.5 Å². The fraction of sp³-hybridized carbons (Fsp3) is 0.133. The molecule has 1 aliphatic heterocycles. The molecule has 4 heteroatoms. The van der Waals surface area contributed by atoms with Crippen LogP contribution in [0.2, 0.25) is 0 Å². The number of halogens is 1. The van der Waals surface area contributed by atoms with Crippen LogP contribution in [0.15, 0.2) is 42.5 Å². The second-order valence-corrected chi connectivity index (χ2v) is 4.32. The molecule has 19 heavy (non-hydrogen) atoms. The molecule has 0 N–H and O–H groups in total. The topological polar surface area (TPSA) is 42.2 Å². The number of benzene rings is 2. The SMILES string of the molecule is N#Cc1ccc2c(c1)COOC2c1ccc(F)cc1. The Labute approximate surface area is 109 Å². The Morgan fingerprint density at radius 3 is 2.68 bits per heavy atom. The molecule has 94 valence electrons. The van der Waals surface area contributed by atoms with E-state index in [0.717, 1.165) is 16.7 Å². The zero-order valence-corrected chi connectivity index (χ0v) is 9.97. The highest BCUT2D eigenvalue weighted by atomic mass is 19.1. The van der Waals surface area contributed by atoms with Gasteiger partial charge in [-0.2, -0.15) is 5.26 Å². The minimum atomic E-state index is -0.392. The minimum Gasteiger partial charge on any atom is -0.231 e. The van der Waals surface area contributed by atoms with Crippen molar-refractivity contribution in [2.75, 3.05) is 0 Å². The molecule has 0 aromatic heterocycles. The van der Waals surface area contributed by atoms with Gasteiger partial charge in [0.2, 0.25) is 0 Å². The summed E-state index contributed by atoms with van der Waals surface area (Å²) < 4.78 is 12.9. The lowest BCUT2D eigenvalue weighted by Gasteiger charge is -2.25. The third-order valence-corrected chi connectivity index (χ3v) is 3.11. The highest BCUT2D eigenvalue weighted by molar-refractivity contribution is 5.42. The molecule has 3 nitrogen and oxygen atoms in total. The van der Waals surface area contributed by atoms with Crippen LogP contribution in [0.25, 0.3) is 0 Å². The van der Waals surface area contributed by atoms with Crippen molar-refractivity contribution in [3.63, 3.8) is 0 Å². The zero-order valence-electron chi connectivity index (χ0n) is 9.97. The summed E-state index contributed by atoms with van der Waals surface area (Å²) in [4.78, 5) is 10.4. The van der Waals surface area contributed by atoms with Crippen molar-refractivity contribution in [3.8, 4) is 6.07 Å². The molecule has 1 atom stereocenters. The molecule has 1 unspecified atom stereocenters.